The molecule has 0 amide bonds. The first-order valence-corrected chi connectivity index (χ1v) is 7.18. The van der Waals surface area contributed by atoms with E-state index < -0.39 is 17.0 Å². The quantitative estimate of drug-likeness (QED) is 0.880. The molecular formula is C15H15NO3S. The third kappa shape index (κ3) is 3.45. The first-order chi connectivity index (χ1) is 9.60. The zero-order valence-corrected chi connectivity index (χ0v) is 12.1. The fraction of sp³-hybridized carbons (Fsp3) is 0.133. The van der Waals surface area contributed by atoms with Gasteiger partial charge in [-0.2, -0.15) is 0 Å². The number of ether oxygens (including phenoxy) is 1. The van der Waals surface area contributed by atoms with Gasteiger partial charge in [-0.05, 0) is 37.3 Å². The molecule has 20 heavy (non-hydrogen) atoms. The predicted molar refractivity (Wildman–Crippen MR) is 79.0 cm³/mol. The van der Waals surface area contributed by atoms with Crippen LogP contribution in [0, 0.1) is 6.92 Å². The number of hydrogen-bond acceptors (Lipinski definition) is 3. The fourth-order valence-electron chi connectivity index (χ4n) is 1.64. The van der Waals surface area contributed by atoms with Crippen LogP contribution >= 0.6 is 0 Å². The molecule has 0 bridgehead atoms. The highest BCUT2D eigenvalue weighted by Crippen LogP contribution is 2.15. The Balaban J connectivity index is 2.17. The van der Waals surface area contributed by atoms with E-state index in [2.05, 4.69) is 9.46 Å². The van der Waals surface area contributed by atoms with Crippen LogP contribution in [0.4, 0.5) is 5.69 Å². The maximum absolute atomic E-state index is 12.2. The number of rotatable bonds is 4. The van der Waals surface area contributed by atoms with Crippen LogP contribution in [-0.2, 0) is 15.7 Å². The van der Waals surface area contributed by atoms with Crippen molar-refractivity contribution < 1.29 is 13.7 Å². The number of hydrogen-bond donors (Lipinski definition) is 1. The van der Waals surface area contributed by atoms with E-state index in [-0.39, 0.29) is 0 Å². The number of esters is 1. The minimum atomic E-state index is -1.43. The van der Waals surface area contributed by atoms with E-state index in [1.54, 1.807) is 24.3 Å². The summed E-state index contributed by atoms with van der Waals surface area (Å²) < 4.78 is 19.7. The van der Waals surface area contributed by atoms with E-state index in [0.717, 1.165) is 11.3 Å². The third-order valence-corrected chi connectivity index (χ3v) is 3.83. The van der Waals surface area contributed by atoms with Gasteiger partial charge >= 0.3 is 5.97 Å². The van der Waals surface area contributed by atoms with Crippen LogP contribution in [0.2, 0.25) is 0 Å². The summed E-state index contributed by atoms with van der Waals surface area (Å²) in [5.74, 6) is -0.445. The van der Waals surface area contributed by atoms with E-state index in [1.165, 1.54) is 7.11 Å². The van der Waals surface area contributed by atoms with Gasteiger partial charge < -0.3 is 9.46 Å². The van der Waals surface area contributed by atoms with Crippen molar-refractivity contribution in [2.24, 2.45) is 0 Å². The molecule has 2 aromatic rings. The number of carbonyl (C=O) groups is 1. The lowest BCUT2D eigenvalue weighted by atomic mass is 10.2. The lowest BCUT2D eigenvalue weighted by Crippen LogP contribution is -2.07. The van der Waals surface area contributed by atoms with E-state index in [9.17, 15) is 9.00 Å². The molecule has 104 valence electrons. The molecule has 1 atom stereocenters. The predicted octanol–water partition coefficient (Wildman–Crippen LogP) is 2.92. The second-order valence-corrected chi connectivity index (χ2v) is 5.47. The highest BCUT2D eigenvalue weighted by atomic mass is 32.2. The van der Waals surface area contributed by atoms with Crippen LogP contribution in [0.5, 0.6) is 0 Å². The van der Waals surface area contributed by atoms with Gasteiger partial charge in [0.05, 0.1) is 17.6 Å². The second-order valence-electron chi connectivity index (χ2n) is 4.26. The molecule has 2 aromatic carbocycles. The summed E-state index contributed by atoms with van der Waals surface area (Å²) >= 11 is 0. The Morgan fingerprint density at radius 2 is 1.85 bits per heavy atom. The second kappa shape index (κ2) is 6.34. The summed E-state index contributed by atoms with van der Waals surface area (Å²) in [5, 5.41) is 0. The summed E-state index contributed by atoms with van der Waals surface area (Å²) in [6, 6.07) is 14.1. The Labute approximate surface area is 120 Å². The van der Waals surface area contributed by atoms with Gasteiger partial charge in [0, 0.05) is 5.69 Å². The van der Waals surface area contributed by atoms with E-state index in [1.807, 2.05) is 31.2 Å². The fourth-order valence-corrected chi connectivity index (χ4v) is 2.55. The van der Waals surface area contributed by atoms with Crippen LogP contribution in [-0.4, -0.2) is 17.3 Å². The molecule has 0 aliphatic heterocycles. The smallest absolute Gasteiger partial charge is 0.337 e. The Morgan fingerprint density at radius 1 is 1.15 bits per heavy atom. The van der Waals surface area contributed by atoms with E-state index >= 15 is 0 Å². The highest BCUT2D eigenvalue weighted by Gasteiger charge is 2.09. The van der Waals surface area contributed by atoms with Gasteiger partial charge in [-0.25, -0.2) is 9.00 Å². The van der Waals surface area contributed by atoms with Gasteiger partial charge in [0.2, 0.25) is 0 Å². The number of benzene rings is 2. The zero-order chi connectivity index (χ0) is 14.5. The molecule has 0 heterocycles. The number of carbonyl (C=O) groups excluding carboxylic acids is 1. The number of nitrogens with one attached hydrogen (secondary N) is 1. The minimum absolute atomic E-state index is 0.379. The van der Waals surface area contributed by atoms with E-state index in [4.69, 9.17) is 0 Å². The third-order valence-electron chi connectivity index (χ3n) is 2.73. The van der Waals surface area contributed by atoms with Crippen LogP contribution in [0.25, 0.3) is 0 Å². The van der Waals surface area contributed by atoms with Gasteiger partial charge in [0.1, 0.15) is 11.0 Å². The lowest BCUT2D eigenvalue weighted by Gasteiger charge is -2.07. The number of methoxy groups -OCH3 is 1. The molecule has 1 N–H and O–H groups in total. The topological polar surface area (TPSA) is 55.4 Å². The SMILES string of the molecule is COC(=O)c1cccc(S(=O)Nc2ccc(C)cc2)c1. The van der Waals surface area contributed by atoms with Crippen molar-refractivity contribution in [2.45, 2.75) is 11.8 Å². The average Bonchev–Trinajstić information content (AvgIpc) is 2.49. The first kappa shape index (κ1) is 14.3. The Hall–Kier alpha value is -2.14. The molecule has 1 unspecified atom stereocenters. The van der Waals surface area contributed by atoms with Gasteiger partial charge in [0.25, 0.3) is 0 Å². The largest absolute Gasteiger partial charge is 0.465 e. The lowest BCUT2D eigenvalue weighted by molar-refractivity contribution is 0.0600. The summed E-state index contributed by atoms with van der Waals surface area (Å²) in [5.41, 5.74) is 2.27. The number of aryl methyl sites for hydroxylation is 1. The molecule has 0 fully saturated rings. The summed E-state index contributed by atoms with van der Waals surface area (Å²) in [6.45, 7) is 1.99. The van der Waals surface area contributed by atoms with Crippen LogP contribution in [0.1, 0.15) is 15.9 Å². The Morgan fingerprint density at radius 3 is 2.50 bits per heavy atom. The average molecular weight is 289 g/mol. The molecule has 0 spiro atoms. The zero-order valence-electron chi connectivity index (χ0n) is 11.3. The van der Waals surface area contributed by atoms with Crippen LogP contribution in [0.3, 0.4) is 0 Å². The molecule has 4 nitrogen and oxygen atoms in total. The Kier molecular flexibility index (Phi) is 4.53. The standard InChI is InChI=1S/C15H15NO3S/c1-11-6-8-13(9-7-11)16-20(18)14-5-3-4-12(10-14)15(17)19-2/h3-10,16H,1-2H3. The number of anilines is 1. The Bertz CT molecular complexity index is 638. The van der Waals surface area contributed by atoms with Crippen molar-refractivity contribution in [3.05, 3.63) is 59.7 Å². The minimum Gasteiger partial charge on any atom is -0.465 e. The van der Waals surface area contributed by atoms with Gasteiger partial charge in [-0.3, -0.25) is 0 Å². The molecule has 0 aromatic heterocycles. The molecule has 0 aliphatic rings. The van der Waals surface area contributed by atoms with Gasteiger partial charge in [0.15, 0.2) is 0 Å². The molecule has 0 saturated heterocycles. The normalized spacial score (nSPS) is 11.7. The van der Waals surface area contributed by atoms with Crippen LogP contribution in [0.15, 0.2) is 53.4 Å². The highest BCUT2D eigenvalue weighted by molar-refractivity contribution is 7.86. The summed E-state index contributed by atoms with van der Waals surface area (Å²) in [4.78, 5) is 12.0. The van der Waals surface area contributed by atoms with Gasteiger partial charge in [-0.1, -0.05) is 23.8 Å². The monoisotopic (exact) mass is 289 g/mol. The maximum Gasteiger partial charge on any atom is 0.337 e. The van der Waals surface area contributed by atoms with Crippen molar-refractivity contribution in [1.29, 1.82) is 0 Å². The molecule has 2 rings (SSSR count). The summed E-state index contributed by atoms with van der Waals surface area (Å²) in [7, 11) is -0.112. The van der Waals surface area contributed by atoms with Gasteiger partial charge in [-0.15, -0.1) is 0 Å². The van der Waals surface area contributed by atoms with Crippen molar-refractivity contribution in [3.63, 3.8) is 0 Å². The van der Waals surface area contributed by atoms with Crippen molar-refractivity contribution in [1.82, 2.24) is 0 Å². The van der Waals surface area contributed by atoms with E-state index in [0.29, 0.717) is 10.5 Å². The van der Waals surface area contributed by atoms with Crippen molar-refractivity contribution >= 4 is 22.6 Å². The van der Waals surface area contributed by atoms with Crippen molar-refractivity contribution in [3.8, 4) is 0 Å². The molecule has 0 aliphatic carbocycles. The molecule has 0 saturated carbocycles. The van der Waals surface area contributed by atoms with Crippen LogP contribution < -0.4 is 4.72 Å². The van der Waals surface area contributed by atoms with Crippen molar-refractivity contribution in [2.75, 3.05) is 11.8 Å². The molecular weight excluding hydrogens is 274 g/mol. The molecule has 5 heteroatoms. The summed E-state index contributed by atoms with van der Waals surface area (Å²) in [6.07, 6.45) is 0. The first-order valence-electron chi connectivity index (χ1n) is 6.03. The maximum atomic E-state index is 12.2. The molecule has 0 radical (unpaired) electrons.